The van der Waals surface area contributed by atoms with Crippen LogP contribution in [0.5, 0.6) is 0 Å². The van der Waals surface area contributed by atoms with Crippen LogP contribution >= 0.6 is 0 Å². The van der Waals surface area contributed by atoms with Gasteiger partial charge in [-0.25, -0.2) is 4.79 Å². The van der Waals surface area contributed by atoms with Gasteiger partial charge in [0.25, 0.3) is 0 Å². The van der Waals surface area contributed by atoms with E-state index in [0.717, 1.165) is 18.7 Å². The molecule has 0 unspecified atom stereocenters. The van der Waals surface area contributed by atoms with Gasteiger partial charge in [0.05, 0.1) is 23.6 Å². The van der Waals surface area contributed by atoms with E-state index in [4.69, 9.17) is 14.9 Å². The zero-order valence-corrected chi connectivity index (χ0v) is 20.9. The van der Waals surface area contributed by atoms with Gasteiger partial charge in [-0.3, -0.25) is 4.98 Å². The molecular weight excluding hydrogens is 396 g/mol. The molecule has 1 aromatic rings. The van der Waals surface area contributed by atoms with Gasteiger partial charge in [-0.15, -0.1) is 0 Å². The molecule has 170 valence electrons. The number of carbonyl (C=O) groups excluding carboxylic acids is 1. The molecule has 1 aliphatic rings. The van der Waals surface area contributed by atoms with Crippen LogP contribution in [-0.2, 0) is 9.16 Å². The van der Waals surface area contributed by atoms with Crippen molar-refractivity contribution in [3.63, 3.8) is 0 Å². The molecule has 1 amide bonds. The summed E-state index contributed by atoms with van der Waals surface area (Å²) in [5.74, 6) is 0.278. The minimum Gasteiger partial charge on any atom is -0.444 e. The molecule has 1 fully saturated rings. The van der Waals surface area contributed by atoms with E-state index >= 15 is 0 Å². The topological polar surface area (TPSA) is 89.7 Å². The van der Waals surface area contributed by atoms with Gasteiger partial charge >= 0.3 is 6.09 Å². The van der Waals surface area contributed by atoms with Crippen LogP contribution in [0.1, 0.15) is 48.0 Å². The molecule has 0 aromatic carbocycles. The number of ether oxygens (including phenoxy) is 1. The summed E-state index contributed by atoms with van der Waals surface area (Å²) in [6.07, 6.45) is 3.87. The highest BCUT2D eigenvalue weighted by molar-refractivity contribution is 6.74. The van der Waals surface area contributed by atoms with Crippen molar-refractivity contribution >= 4 is 25.8 Å². The molecule has 7 nitrogen and oxygen atoms in total. The number of pyridine rings is 1. The average molecular weight is 437 g/mol. The van der Waals surface area contributed by atoms with Crippen LogP contribution in [0.15, 0.2) is 18.5 Å². The van der Waals surface area contributed by atoms with Gasteiger partial charge in [-0.1, -0.05) is 20.8 Å². The summed E-state index contributed by atoms with van der Waals surface area (Å²) in [7, 11) is -1.85. The minimum atomic E-state index is -1.85. The molecule has 1 aliphatic heterocycles. The van der Waals surface area contributed by atoms with E-state index in [1.807, 2.05) is 26.8 Å². The van der Waals surface area contributed by atoms with Gasteiger partial charge in [-0.2, -0.15) is 0 Å². The maximum absolute atomic E-state index is 12.4. The number of nitrogens with zero attached hydrogens (tertiary/aromatic N) is 2. The van der Waals surface area contributed by atoms with E-state index in [1.54, 1.807) is 12.4 Å². The third-order valence-corrected chi connectivity index (χ3v) is 10.4. The van der Waals surface area contributed by atoms with Gasteiger partial charge in [0.15, 0.2) is 8.32 Å². The van der Waals surface area contributed by atoms with Crippen molar-refractivity contribution in [2.75, 3.05) is 30.3 Å². The van der Waals surface area contributed by atoms with Gasteiger partial charge in [-0.05, 0) is 51.4 Å². The highest BCUT2D eigenvalue weighted by Crippen LogP contribution is 2.37. The fraction of sp³-hybridized carbons (Fsp3) is 0.727. The number of hydrogen-bond donors (Lipinski definition) is 2. The fourth-order valence-electron chi connectivity index (χ4n) is 3.33. The van der Waals surface area contributed by atoms with Crippen LogP contribution in [0, 0.1) is 5.92 Å². The number of aromatic nitrogens is 1. The number of rotatable bonds is 5. The summed E-state index contributed by atoms with van der Waals surface area (Å²) in [6, 6.07) is 1.88. The SMILES string of the molecule is CC(C)(C)OC(=O)N[C@@H]1C[C@H](CO[Si](C)(C)C(C)(C)C)CN(c2ccncc2N)C1. The number of nitrogen functional groups attached to an aromatic ring is 1. The summed E-state index contributed by atoms with van der Waals surface area (Å²) in [4.78, 5) is 18.7. The second-order valence-corrected chi connectivity index (χ2v) is 15.7. The van der Waals surface area contributed by atoms with Gasteiger partial charge in [0.2, 0.25) is 0 Å². The Bertz CT molecular complexity index is 728. The number of nitrogens with two attached hydrogens (primary N) is 1. The lowest BCUT2D eigenvalue weighted by Crippen LogP contribution is -2.53. The molecule has 0 saturated carbocycles. The number of nitrogens with one attached hydrogen (secondary N) is 1. The predicted octanol–water partition coefficient (Wildman–Crippen LogP) is 4.41. The summed E-state index contributed by atoms with van der Waals surface area (Å²) in [5, 5.41) is 3.21. The van der Waals surface area contributed by atoms with Crippen LogP contribution in [0.2, 0.25) is 18.1 Å². The van der Waals surface area contributed by atoms with Crippen LogP contribution < -0.4 is 16.0 Å². The van der Waals surface area contributed by atoms with Gasteiger partial charge < -0.3 is 25.1 Å². The normalized spacial score (nSPS) is 20.7. The minimum absolute atomic E-state index is 0.0471. The third-order valence-electron chi connectivity index (χ3n) is 5.91. The number of alkyl carbamates (subject to hydrolysis) is 1. The lowest BCUT2D eigenvalue weighted by molar-refractivity contribution is 0.0488. The largest absolute Gasteiger partial charge is 0.444 e. The number of anilines is 2. The van der Waals surface area contributed by atoms with Gasteiger partial charge in [0.1, 0.15) is 5.60 Å². The predicted molar refractivity (Wildman–Crippen MR) is 125 cm³/mol. The maximum Gasteiger partial charge on any atom is 0.407 e. The van der Waals surface area contributed by atoms with Crippen LogP contribution in [-0.4, -0.2) is 50.7 Å². The number of carbonyl (C=O) groups is 1. The third kappa shape index (κ3) is 6.87. The molecule has 0 radical (unpaired) electrons. The molecule has 1 saturated heterocycles. The fourth-order valence-corrected chi connectivity index (χ4v) is 4.42. The second-order valence-electron chi connectivity index (χ2n) is 10.9. The molecule has 2 heterocycles. The standard InChI is InChI=1S/C22H40N4O3Si/c1-21(2,3)29-20(27)25-17-11-16(15-28-30(7,8)22(4,5)6)13-26(14-17)19-9-10-24-12-18(19)23/h9-10,12,16-17H,11,13-15,23H2,1-8H3,(H,25,27)/t16-,17+/m0/s1. The van der Waals surface area contributed by atoms with Crippen molar-refractivity contribution in [3.05, 3.63) is 18.5 Å². The Morgan fingerprint density at radius 2 is 1.93 bits per heavy atom. The average Bonchev–Trinajstić information content (AvgIpc) is 2.57. The summed E-state index contributed by atoms with van der Waals surface area (Å²) in [6.45, 7) is 19.1. The molecule has 2 atom stereocenters. The Hall–Kier alpha value is -1.80. The maximum atomic E-state index is 12.4. The lowest BCUT2D eigenvalue weighted by atomic mass is 9.94. The van der Waals surface area contributed by atoms with Crippen molar-refractivity contribution in [1.82, 2.24) is 10.3 Å². The first-order chi connectivity index (χ1) is 13.7. The summed E-state index contributed by atoms with van der Waals surface area (Å²) in [5.41, 5.74) is 7.24. The second kappa shape index (κ2) is 9.14. The van der Waals surface area contributed by atoms with E-state index in [-0.39, 0.29) is 23.1 Å². The van der Waals surface area contributed by atoms with E-state index < -0.39 is 13.9 Å². The van der Waals surface area contributed by atoms with E-state index in [9.17, 15) is 4.79 Å². The van der Waals surface area contributed by atoms with Crippen molar-refractivity contribution in [1.29, 1.82) is 0 Å². The monoisotopic (exact) mass is 436 g/mol. The Morgan fingerprint density at radius 1 is 1.27 bits per heavy atom. The molecule has 30 heavy (non-hydrogen) atoms. The summed E-state index contributed by atoms with van der Waals surface area (Å²) < 4.78 is 12.0. The van der Waals surface area contributed by atoms with Gasteiger partial charge in [0, 0.05) is 31.8 Å². The highest BCUT2D eigenvalue weighted by atomic mass is 28.4. The van der Waals surface area contributed by atoms with E-state index in [2.05, 4.69) is 49.1 Å². The highest BCUT2D eigenvalue weighted by Gasteiger charge is 2.39. The molecule has 0 bridgehead atoms. The number of amides is 1. The number of hydrogen-bond acceptors (Lipinski definition) is 6. The molecule has 0 aliphatic carbocycles. The summed E-state index contributed by atoms with van der Waals surface area (Å²) >= 11 is 0. The zero-order valence-electron chi connectivity index (χ0n) is 19.9. The first-order valence-electron chi connectivity index (χ1n) is 10.8. The van der Waals surface area contributed by atoms with Crippen LogP contribution in [0.25, 0.3) is 0 Å². The first kappa shape index (κ1) is 24.5. The van der Waals surface area contributed by atoms with Crippen molar-refractivity contribution in [2.45, 2.75) is 77.7 Å². The molecule has 8 heteroatoms. The Morgan fingerprint density at radius 3 is 2.50 bits per heavy atom. The Balaban J connectivity index is 2.14. The zero-order chi connectivity index (χ0) is 22.7. The van der Waals surface area contributed by atoms with Crippen LogP contribution in [0.3, 0.4) is 0 Å². The first-order valence-corrected chi connectivity index (χ1v) is 13.7. The van der Waals surface area contributed by atoms with Crippen molar-refractivity contribution < 1.29 is 14.0 Å². The smallest absolute Gasteiger partial charge is 0.407 e. The Labute approximate surface area is 182 Å². The van der Waals surface area contributed by atoms with Crippen molar-refractivity contribution in [2.24, 2.45) is 5.92 Å². The van der Waals surface area contributed by atoms with Crippen LogP contribution in [0.4, 0.5) is 16.2 Å². The molecule has 3 N–H and O–H groups in total. The molecular formula is C22H40N4O3Si. The van der Waals surface area contributed by atoms with Crippen molar-refractivity contribution in [3.8, 4) is 0 Å². The molecule has 1 aromatic heterocycles. The molecule has 2 rings (SSSR count). The van der Waals surface area contributed by atoms with E-state index in [1.165, 1.54) is 0 Å². The number of piperidine rings is 1. The quantitative estimate of drug-likeness (QED) is 0.665. The molecule has 0 spiro atoms. The lowest BCUT2D eigenvalue weighted by Gasteiger charge is -2.42. The van der Waals surface area contributed by atoms with E-state index in [0.29, 0.717) is 18.8 Å². The Kier molecular flexibility index (Phi) is 7.45.